The van der Waals surface area contributed by atoms with Crippen LogP contribution < -0.4 is 0 Å². The summed E-state index contributed by atoms with van der Waals surface area (Å²) in [4.78, 5) is 4.75. The van der Waals surface area contributed by atoms with Gasteiger partial charge < -0.3 is 4.52 Å². The van der Waals surface area contributed by atoms with Gasteiger partial charge >= 0.3 is 0 Å². The second-order valence-electron chi connectivity index (χ2n) is 5.72. The Labute approximate surface area is 118 Å². The van der Waals surface area contributed by atoms with Crippen molar-refractivity contribution in [2.75, 3.05) is 0 Å². The number of alkyl halides is 1. The molecular weight excluding hydrogens is 292 g/mol. The van der Waals surface area contributed by atoms with Crippen LogP contribution >= 0.6 is 15.9 Å². The lowest BCUT2D eigenvalue weighted by Crippen LogP contribution is -2.18. The van der Waals surface area contributed by atoms with Crippen molar-refractivity contribution in [2.24, 2.45) is 11.8 Å². The SMILES string of the molecule is CCC(Br)c1nc(C2CCC(C(C)C)CC2)no1. The van der Waals surface area contributed by atoms with Crippen molar-refractivity contribution < 1.29 is 4.52 Å². The van der Waals surface area contributed by atoms with Crippen molar-refractivity contribution >= 4 is 15.9 Å². The molecule has 1 aliphatic carbocycles. The highest BCUT2D eigenvalue weighted by atomic mass is 79.9. The van der Waals surface area contributed by atoms with Gasteiger partial charge in [-0.1, -0.05) is 41.9 Å². The highest BCUT2D eigenvalue weighted by molar-refractivity contribution is 9.09. The molecule has 0 aliphatic heterocycles. The molecular formula is C14H23BrN2O. The summed E-state index contributed by atoms with van der Waals surface area (Å²) in [6, 6.07) is 0. The normalized spacial score (nSPS) is 26.5. The van der Waals surface area contributed by atoms with Crippen molar-refractivity contribution in [3.63, 3.8) is 0 Å². The topological polar surface area (TPSA) is 38.9 Å². The van der Waals surface area contributed by atoms with E-state index < -0.39 is 0 Å². The van der Waals surface area contributed by atoms with Crippen LogP contribution in [0.3, 0.4) is 0 Å². The van der Waals surface area contributed by atoms with E-state index in [9.17, 15) is 0 Å². The van der Waals surface area contributed by atoms with Crippen molar-refractivity contribution in [3.8, 4) is 0 Å². The summed E-state index contributed by atoms with van der Waals surface area (Å²) in [6.07, 6.45) is 6.00. The molecule has 1 atom stereocenters. The van der Waals surface area contributed by atoms with Gasteiger partial charge in [0.2, 0.25) is 5.89 Å². The number of halogens is 1. The van der Waals surface area contributed by atoms with Gasteiger partial charge in [-0.2, -0.15) is 4.98 Å². The molecule has 3 nitrogen and oxygen atoms in total. The van der Waals surface area contributed by atoms with Crippen LogP contribution in [-0.4, -0.2) is 10.1 Å². The average Bonchev–Trinajstić information content (AvgIpc) is 2.87. The largest absolute Gasteiger partial charge is 0.338 e. The maximum atomic E-state index is 5.34. The van der Waals surface area contributed by atoms with Crippen molar-refractivity contribution in [3.05, 3.63) is 11.7 Å². The van der Waals surface area contributed by atoms with Crippen LogP contribution in [0.15, 0.2) is 4.52 Å². The summed E-state index contributed by atoms with van der Waals surface area (Å²) in [5, 5.41) is 4.16. The number of hydrogen-bond acceptors (Lipinski definition) is 3. The van der Waals surface area contributed by atoms with Gasteiger partial charge in [0.05, 0.1) is 4.83 Å². The van der Waals surface area contributed by atoms with Crippen LogP contribution in [0.5, 0.6) is 0 Å². The smallest absolute Gasteiger partial charge is 0.240 e. The molecule has 1 aromatic rings. The maximum Gasteiger partial charge on any atom is 0.240 e. The van der Waals surface area contributed by atoms with Gasteiger partial charge in [0.1, 0.15) is 0 Å². The molecule has 1 unspecified atom stereocenters. The Bertz CT molecular complexity index is 370. The Morgan fingerprint density at radius 2 is 1.94 bits per heavy atom. The van der Waals surface area contributed by atoms with Crippen molar-refractivity contribution in [1.82, 2.24) is 10.1 Å². The molecule has 18 heavy (non-hydrogen) atoms. The molecule has 1 aliphatic rings. The van der Waals surface area contributed by atoms with Crippen LogP contribution in [0.4, 0.5) is 0 Å². The van der Waals surface area contributed by atoms with Gasteiger partial charge in [-0.3, -0.25) is 0 Å². The predicted molar refractivity (Wildman–Crippen MR) is 75.8 cm³/mol. The number of nitrogens with zero attached hydrogens (tertiary/aromatic N) is 2. The molecule has 1 aromatic heterocycles. The maximum absolute atomic E-state index is 5.34. The number of rotatable bonds is 4. The highest BCUT2D eigenvalue weighted by Crippen LogP contribution is 2.38. The Hall–Kier alpha value is -0.380. The first-order chi connectivity index (χ1) is 8.61. The lowest BCUT2D eigenvalue weighted by molar-refractivity contribution is 0.251. The molecule has 0 N–H and O–H groups in total. The zero-order valence-corrected chi connectivity index (χ0v) is 13.1. The van der Waals surface area contributed by atoms with E-state index in [0.29, 0.717) is 5.92 Å². The first kappa shape index (κ1) is 14.0. The van der Waals surface area contributed by atoms with E-state index in [1.54, 1.807) is 0 Å². The third-order valence-electron chi connectivity index (χ3n) is 4.16. The molecule has 0 amide bonds. The Morgan fingerprint density at radius 3 is 2.50 bits per heavy atom. The fraction of sp³-hybridized carbons (Fsp3) is 0.857. The molecule has 1 fully saturated rings. The van der Waals surface area contributed by atoms with Gasteiger partial charge in [-0.05, 0) is 43.9 Å². The lowest BCUT2D eigenvalue weighted by atomic mass is 9.77. The fourth-order valence-electron chi connectivity index (χ4n) is 2.76. The van der Waals surface area contributed by atoms with Gasteiger partial charge in [-0.25, -0.2) is 0 Å². The van der Waals surface area contributed by atoms with Crippen molar-refractivity contribution in [1.29, 1.82) is 0 Å². The molecule has 0 radical (unpaired) electrons. The molecule has 2 rings (SSSR count). The first-order valence-corrected chi connectivity index (χ1v) is 8.01. The first-order valence-electron chi connectivity index (χ1n) is 7.09. The summed E-state index contributed by atoms with van der Waals surface area (Å²) in [7, 11) is 0. The predicted octanol–water partition coefficient (Wildman–Crippen LogP) is 4.85. The lowest BCUT2D eigenvalue weighted by Gasteiger charge is -2.29. The summed E-state index contributed by atoms with van der Waals surface area (Å²) in [6.45, 7) is 6.76. The molecule has 102 valence electrons. The monoisotopic (exact) mass is 314 g/mol. The molecule has 4 heteroatoms. The van der Waals surface area contributed by atoms with Gasteiger partial charge in [0.25, 0.3) is 0 Å². The van der Waals surface area contributed by atoms with Crippen LogP contribution in [0, 0.1) is 11.8 Å². The molecule has 0 aromatic carbocycles. The van der Waals surface area contributed by atoms with Crippen LogP contribution in [0.1, 0.15) is 75.3 Å². The van der Waals surface area contributed by atoms with E-state index >= 15 is 0 Å². The standard InChI is InChI=1S/C14H23BrN2O/c1-4-12(15)14-16-13(17-18-14)11-7-5-10(6-8-11)9(2)3/h9-12H,4-8H2,1-3H3. The molecule has 0 spiro atoms. The third kappa shape index (κ3) is 3.14. The minimum Gasteiger partial charge on any atom is -0.338 e. The zero-order chi connectivity index (χ0) is 13.1. The Kier molecular flexibility index (Phi) is 4.82. The molecule has 1 saturated carbocycles. The van der Waals surface area contributed by atoms with E-state index in [1.165, 1.54) is 25.7 Å². The summed E-state index contributed by atoms with van der Waals surface area (Å²) in [5.41, 5.74) is 0. The fourth-order valence-corrected chi connectivity index (χ4v) is 2.94. The highest BCUT2D eigenvalue weighted by Gasteiger charge is 2.27. The third-order valence-corrected chi connectivity index (χ3v) is 5.20. The second-order valence-corrected chi connectivity index (χ2v) is 6.83. The van der Waals surface area contributed by atoms with E-state index in [1.807, 2.05) is 0 Å². The summed E-state index contributed by atoms with van der Waals surface area (Å²) >= 11 is 3.55. The van der Waals surface area contributed by atoms with E-state index in [-0.39, 0.29) is 4.83 Å². The zero-order valence-electron chi connectivity index (χ0n) is 11.5. The van der Waals surface area contributed by atoms with E-state index in [0.717, 1.165) is 30.0 Å². The Morgan fingerprint density at radius 1 is 1.28 bits per heavy atom. The van der Waals surface area contributed by atoms with E-state index in [2.05, 4.69) is 46.8 Å². The summed E-state index contributed by atoms with van der Waals surface area (Å²) in [5.74, 6) is 3.85. The van der Waals surface area contributed by atoms with Crippen LogP contribution in [0.25, 0.3) is 0 Å². The van der Waals surface area contributed by atoms with Crippen LogP contribution in [-0.2, 0) is 0 Å². The number of aromatic nitrogens is 2. The molecule has 0 saturated heterocycles. The number of hydrogen-bond donors (Lipinski definition) is 0. The minimum absolute atomic E-state index is 0.200. The second kappa shape index (κ2) is 6.18. The van der Waals surface area contributed by atoms with Crippen molar-refractivity contribution in [2.45, 2.75) is 63.6 Å². The van der Waals surface area contributed by atoms with E-state index in [4.69, 9.17) is 4.52 Å². The average molecular weight is 315 g/mol. The van der Waals surface area contributed by atoms with Gasteiger partial charge in [0.15, 0.2) is 5.82 Å². The summed E-state index contributed by atoms with van der Waals surface area (Å²) < 4.78 is 5.34. The minimum atomic E-state index is 0.200. The quantitative estimate of drug-likeness (QED) is 0.746. The Balaban J connectivity index is 1.95. The van der Waals surface area contributed by atoms with Gasteiger partial charge in [0, 0.05) is 5.92 Å². The van der Waals surface area contributed by atoms with Gasteiger partial charge in [-0.15, -0.1) is 0 Å². The molecule has 0 bridgehead atoms. The van der Waals surface area contributed by atoms with Crippen LogP contribution in [0.2, 0.25) is 0 Å². The molecule has 1 heterocycles.